The molecule has 0 aromatic heterocycles. The Kier molecular flexibility index (Phi) is 6.92. The molecule has 6 nitrogen and oxygen atoms in total. The van der Waals surface area contributed by atoms with Gasteiger partial charge in [0.2, 0.25) is 11.8 Å². The first-order valence-electron chi connectivity index (χ1n) is 9.03. The zero-order chi connectivity index (χ0) is 21.0. The van der Waals surface area contributed by atoms with Crippen LogP contribution in [0.5, 0.6) is 0 Å². The molecule has 0 saturated heterocycles. The first-order chi connectivity index (χ1) is 13.8. The van der Waals surface area contributed by atoms with E-state index >= 15 is 0 Å². The van der Waals surface area contributed by atoms with Crippen molar-refractivity contribution in [3.05, 3.63) is 42.5 Å². The van der Waals surface area contributed by atoms with Gasteiger partial charge in [-0.05, 0) is 42.7 Å². The second kappa shape index (κ2) is 9.23. The van der Waals surface area contributed by atoms with E-state index in [1.165, 1.54) is 23.9 Å². The van der Waals surface area contributed by atoms with Crippen molar-refractivity contribution in [1.29, 1.82) is 0 Å². The molecule has 1 atom stereocenters. The van der Waals surface area contributed by atoms with Crippen LogP contribution in [0.25, 0.3) is 0 Å². The molecule has 0 aliphatic carbocycles. The number of hydrogen-bond donors (Lipinski definition) is 2. The van der Waals surface area contributed by atoms with Crippen LogP contribution in [0.3, 0.4) is 0 Å². The summed E-state index contributed by atoms with van der Waals surface area (Å²) in [5.41, 5.74) is 1.14. The number of thioether (sulfide) groups is 2. The lowest BCUT2D eigenvalue weighted by atomic mass is 10.2. The van der Waals surface area contributed by atoms with Crippen LogP contribution >= 0.6 is 23.5 Å². The van der Waals surface area contributed by atoms with Gasteiger partial charge in [0, 0.05) is 33.6 Å². The van der Waals surface area contributed by atoms with E-state index in [1.54, 1.807) is 23.9 Å². The van der Waals surface area contributed by atoms with E-state index in [4.69, 9.17) is 0 Å². The zero-order valence-corrected chi connectivity index (χ0v) is 18.5. The second-order valence-electron chi connectivity index (χ2n) is 6.71. The normalized spacial score (nSPS) is 16.5. The van der Waals surface area contributed by atoms with Crippen LogP contribution in [0.1, 0.15) is 13.3 Å². The molecule has 0 saturated carbocycles. The summed E-state index contributed by atoms with van der Waals surface area (Å²) < 4.78 is 25.4. The lowest BCUT2D eigenvalue weighted by Crippen LogP contribution is -2.20. The third-order valence-electron chi connectivity index (χ3n) is 4.46. The molecule has 0 radical (unpaired) electrons. The molecule has 2 N–H and O–H groups in total. The predicted octanol–water partition coefficient (Wildman–Crippen LogP) is 3.89. The molecule has 29 heavy (non-hydrogen) atoms. The first kappa shape index (κ1) is 21.7. The van der Waals surface area contributed by atoms with E-state index in [0.717, 1.165) is 9.79 Å². The Labute approximate surface area is 179 Å². The van der Waals surface area contributed by atoms with Crippen molar-refractivity contribution in [3.63, 3.8) is 0 Å². The van der Waals surface area contributed by atoms with Crippen molar-refractivity contribution in [2.24, 2.45) is 5.92 Å². The maximum absolute atomic E-state index is 12.7. The summed E-state index contributed by atoms with van der Waals surface area (Å²) in [6.45, 7) is 1.83. The van der Waals surface area contributed by atoms with Crippen LogP contribution < -0.4 is 10.6 Å². The fourth-order valence-electron chi connectivity index (χ4n) is 2.74. The first-order valence-corrected chi connectivity index (χ1v) is 12.9. The summed E-state index contributed by atoms with van der Waals surface area (Å²) in [7, 11) is -3.66. The van der Waals surface area contributed by atoms with E-state index < -0.39 is 9.84 Å². The summed E-state index contributed by atoms with van der Waals surface area (Å²) in [5, 5.41) is 5.52. The van der Waals surface area contributed by atoms with Gasteiger partial charge in [-0.3, -0.25) is 9.59 Å². The quantitative estimate of drug-likeness (QED) is 0.649. The summed E-state index contributed by atoms with van der Waals surface area (Å²) in [4.78, 5) is 26.2. The highest BCUT2D eigenvalue weighted by Gasteiger charge is 2.23. The molecule has 3 rings (SSSR count). The number of carbonyl (C=O) groups excluding carboxylic acids is 2. The van der Waals surface area contributed by atoms with E-state index in [2.05, 4.69) is 10.6 Å². The van der Waals surface area contributed by atoms with Crippen LogP contribution in [-0.4, -0.2) is 38.0 Å². The third kappa shape index (κ3) is 5.55. The number of carbonyl (C=O) groups is 2. The van der Waals surface area contributed by atoms with Crippen molar-refractivity contribution < 1.29 is 18.0 Å². The number of fused-ring (bicyclic) bond motifs is 1. The Balaban J connectivity index is 1.67. The van der Waals surface area contributed by atoms with Crippen molar-refractivity contribution in [2.45, 2.75) is 28.0 Å². The maximum Gasteiger partial charge on any atom is 0.228 e. The largest absolute Gasteiger partial charge is 0.326 e. The molecule has 154 valence electrons. The van der Waals surface area contributed by atoms with Gasteiger partial charge in [-0.25, -0.2) is 8.42 Å². The summed E-state index contributed by atoms with van der Waals surface area (Å²) in [6.07, 6.45) is 1.79. The Morgan fingerprint density at radius 1 is 1.28 bits per heavy atom. The molecule has 0 spiro atoms. The SMILES string of the molecule is CSc1cccc(NC(=O)CCS(=O)(=O)c2ccc3c(c2)NC(=O)[C@@H](C)CS3)c1. The number of hydrogen-bond acceptors (Lipinski definition) is 6. The van der Waals surface area contributed by atoms with Gasteiger partial charge in [-0.1, -0.05) is 13.0 Å². The molecule has 9 heteroatoms. The van der Waals surface area contributed by atoms with E-state index in [-0.39, 0.29) is 34.8 Å². The predicted molar refractivity (Wildman–Crippen MR) is 118 cm³/mol. The summed E-state index contributed by atoms with van der Waals surface area (Å²) in [6, 6.07) is 12.1. The van der Waals surface area contributed by atoms with Crippen LogP contribution in [0.2, 0.25) is 0 Å². The van der Waals surface area contributed by atoms with Gasteiger partial charge in [0.15, 0.2) is 9.84 Å². The highest BCUT2D eigenvalue weighted by molar-refractivity contribution is 7.99. The molecule has 0 fully saturated rings. The third-order valence-corrected chi connectivity index (χ3v) is 8.23. The van der Waals surface area contributed by atoms with Crippen LogP contribution in [0.4, 0.5) is 11.4 Å². The van der Waals surface area contributed by atoms with Gasteiger partial charge in [0.1, 0.15) is 0 Å². The van der Waals surface area contributed by atoms with Gasteiger partial charge in [0.05, 0.1) is 16.3 Å². The molecule has 2 aromatic carbocycles. The van der Waals surface area contributed by atoms with Gasteiger partial charge in [-0.15, -0.1) is 23.5 Å². The number of anilines is 2. The molecule has 1 aliphatic heterocycles. The topological polar surface area (TPSA) is 92.3 Å². The van der Waals surface area contributed by atoms with Crippen molar-refractivity contribution >= 4 is 56.6 Å². The number of nitrogens with one attached hydrogen (secondary N) is 2. The van der Waals surface area contributed by atoms with Gasteiger partial charge in [0.25, 0.3) is 0 Å². The maximum atomic E-state index is 12.7. The lowest BCUT2D eigenvalue weighted by Gasteiger charge is -2.10. The Morgan fingerprint density at radius 2 is 2.07 bits per heavy atom. The van der Waals surface area contributed by atoms with Crippen molar-refractivity contribution in [1.82, 2.24) is 0 Å². The minimum Gasteiger partial charge on any atom is -0.326 e. The zero-order valence-electron chi connectivity index (χ0n) is 16.1. The average Bonchev–Trinajstić information content (AvgIpc) is 2.84. The average molecular weight is 451 g/mol. The summed E-state index contributed by atoms with van der Waals surface area (Å²) in [5.74, 6) is -0.308. The van der Waals surface area contributed by atoms with Crippen LogP contribution in [0.15, 0.2) is 57.2 Å². The molecular weight excluding hydrogens is 428 g/mol. The smallest absolute Gasteiger partial charge is 0.228 e. The molecule has 2 amide bonds. The second-order valence-corrected chi connectivity index (χ2v) is 10.8. The summed E-state index contributed by atoms with van der Waals surface area (Å²) >= 11 is 3.08. The minimum atomic E-state index is -3.66. The fourth-order valence-corrected chi connectivity index (χ4v) is 5.47. The molecule has 1 aliphatic rings. The number of amides is 2. The lowest BCUT2D eigenvalue weighted by molar-refractivity contribution is -0.118. The van der Waals surface area contributed by atoms with Crippen LogP contribution in [0, 0.1) is 5.92 Å². The van der Waals surface area contributed by atoms with Crippen molar-refractivity contribution in [2.75, 3.05) is 28.4 Å². The molecule has 0 unspecified atom stereocenters. The standard InChI is InChI=1S/C20H22N2O4S3/c1-13-12-28-18-7-6-16(11-17(18)22-20(13)24)29(25,26)9-8-19(23)21-14-4-3-5-15(10-14)27-2/h3-7,10-11,13H,8-9,12H2,1-2H3,(H,21,23)(H,22,24)/t13-/m0/s1. The Morgan fingerprint density at radius 3 is 2.83 bits per heavy atom. The van der Waals surface area contributed by atoms with Gasteiger partial charge in [-0.2, -0.15) is 0 Å². The van der Waals surface area contributed by atoms with Gasteiger partial charge < -0.3 is 10.6 Å². The van der Waals surface area contributed by atoms with Gasteiger partial charge >= 0.3 is 0 Å². The fraction of sp³-hybridized carbons (Fsp3) is 0.300. The molecular formula is C20H22N2O4S3. The van der Waals surface area contributed by atoms with Crippen LogP contribution in [-0.2, 0) is 19.4 Å². The highest BCUT2D eigenvalue weighted by atomic mass is 32.2. The number of sulfone groups is 1. The molecule has 2 aromatic rings. The monoisotopic (exact) mass is 450 g/mol. The number of rotatable bonds is 6. The minimum absolute atomic E-state index is 0.101. The van der Waals surface area contributed by atoms with Crippen molar-refractivity contribution in [3.8, 4) is 0 Å². The Bertz CT molecular complexity index is 1040. The Hall–Kier alpha value is -1.97. The number of benzene rings is 2. The van der Waals surface area contributed by atoms with E-state index in [9.17, 15) is 18.0 Å². The van der Waals surface area contributed by atoms with E-state index in [0.29, 0.717) is 17.1 Å². The highest BCUT2D eigenvalue weighted by Crippen LogP contribution is 2.34. The van der Waals surface area contributed by atoms with E-state index in [1.807, 2.05) is 31.4 Å². The molecule has 1 heterocycles. The molecule has 0 bridgehead atoms.